The number of ether oxygens (including phenoxy) is 1. The summed E-state index contributed by atoms with van der Waals surface area (Å²) in [7, 11) is 0. The number of halogens is 1. The van der Waals surface area contributed by atoms with Crippen LogP contribution in [0.25, 0.3) is 22.3 Å². The highest BCUT2D eigenvalue weighted by atomic mass is 19.1. The van der Waals surface area contributed by atoms with Crippen molar-refractivity contribution < 1.29 is 13.9 Å². The Morgan fingerprint density at radius 1 is 1.00 bits per heavy atom. The summed E-state index contributed by atoms with van der Waals surface area (Å²) in [5, 5.41) is 8.91. The fourth-order valence-electron chi connectivity index (χ4n) is 3.55. The number of amides is 2. The van der Waals surface area contributed by atoms with Gasteiger partial charge in [0.2, 0.25) is 11.8 Å². The van der Waals surface area contributed by atoms with Crippen LogP contribution in [0.5, 0.6) is 5.88 Å². The summed E-state index contributed by atoms with van der Waals surface area (Å²) in [4.78, 5) is 25.8. The second-order valence-corrected chi connectivity index (χ2v) is 8.28. The number of rotatable bonds is 8. The van der Waals surface area contributed by atoms with Crippen LogP contribution in [-0.4, -0.2) is 33.6 Å². The molecule has 3 N–H and O–H groups in total. The molecule has 4 aromatic rings. The number of nitrogens with one attached hydrogen (secondary N) is 3. The smallest absolute Gasteiger partial charge is 0.319 e. The maximum atomic E-state index is 13.1. The molecule has 0 unspecified atom stereocenters. The van der Waals surface area contributed by atoms with E-state index in [-0.39, 0.29) is 11.8 Å². The maximum Gasteiger partial charge on any atom is 0.319 e. The minimum Gasteiger partial charge on any atom is -0.476 e. The summed E-state index contributed by atoms with van der Waals surface area (Å²) in [6, 6.07) is 17.6. The maximum absolute atomic E-state index is 13.1. The third-order valence-corrected chi connectivity index (χ3v) is 5.51. The lowest BCUT2D eigenvalue weighted by molar-refractivity contribution is 0.251. The molecule has 2 aromatic carbocycles. The SMILES string of the molecule is CCOc1nc(NCc2ccc(F)cc2)nc2ccc(-c3ccc(NC(=O)NC4CC4)cc3)nc12. The molecule has 5 rings (SSSR count). The van der Waals surface area contributed by atoms with Crippen molar-refractivity contribution in [1.82, 2.24) is 20.3 Å². The summed E-state index contributed by atoms with van der Waals surface area (Å²) in [6.45, 7) is 2.76. The van der Waals surface area contributed by atoms with E-state index < -0.39 is 0 Å². The second kappa shape index (κ2) is 9.92. The molecule has 8 nitrogen and oxygen atoms in total. The molecule has 1 aliphatic rings. The Kier molecular flexibility index (Phi) is 6.38. The van der Waals surface area contributed by atoms with Gasteiger partial charge in [0.05, 0.1) is 17.8 Å². The molecule has 0 saturated heterocycles. The van der Waals surface area contributed by atoms with Crippen molar-refractivity contribution >= 4 is 28.7 Å². The van der Waals surface area contributed by atoms with E-state index >= 15 is 0 Å². The number of hydrogen-bond donors (Lipinski definition) is 3. The van der Waals surface area contributed by atoms with E-state index in [2.05, 4.69) is 25.9 Å². The van der Waals surface area contributed by atoms with Gasteiger partial charge in [0.1, 0.15) is 5.82 Å². The van der Waals surface area contributed by atoms with Crippen LogP contribution in [0.3, 0.4) is 0 Å². The zero-order valence-electron chi connectivity index (χ0n) is 19.2. The Morgan fingerprint density at radius 3 is 2.49 bits per heavy atom. The van der Waals surface area contributed by atoms with Crippen molar-refractivity contribution in [3.05, 3.63) is 72.0 Å². The Balaban J connectivity index is 1.35. The van der Waals surface area contributed by atoms with Gasteiger partial charge in [-0.15, -0.1) is 0 Å². The van der Waals surface area contributed by atoms with Gasteiger partial charge in [-0.1, -0.05) is 24.3 Å². The van der Waals surface area contributed by atoms with Gasteiger partial charge in [-0.05, 0) is 61.7 Å². The summed E-state index contributed by atoms with van der Waals surface area (Å²) in [5.74, 6) is 0.511. The van der Waals surface area contributed by atoms with Gasteiger partial charge in [-0.25, -0.2) is 19.2 Å². The second-order valence-electron chi connectivity index (χ2n) is 8.28. The predicted octanol–water partition coefficient (Wildman–Crippen LogP) is 5.13. The fourth-order valence-corrected chi connectivity index (χ4v) is 3.55. The van der Waals surface area contributed by atoms with Crippen LogP contribution in [-0.2, 0) is 6.54 Å². The number of benzene rings is 2. The van der Waals surface area contributed by atoms with Gasteiger partial charge in [-0.3, -0.25) is 0 Å². The third-order valence-electron chi connectivity index (χ3n) is 5.51. The van der Waals surface area contributed by atoms with Crippen molar-refractivity contribution in [3.63, 3.8) is 0 Å². The molecule has 2 heterocycles. The Labute approximate surface area is 202 Å². The number of fused-ring (bicyclic) bond motifs is 1. The fraction of sp³-hybridized carbons (Fsp3) is 0.231. The highest BCUT2D eigenvalue weighted by molar-refractivity contribution is 5.90. The van der Waals surface area contributed by atoms with Crippen LogP contribution in [0.1, 0.15) is 25.3 Å². The molecule has 0 spiro atoms. The minimum absolute atomic E-state index is 0.188. The van der Waals surface area contributed by atoms with Gasteiger partial charge in [0, 0.05) is 23.8 Å². The highest BCUT2D eigenvalue weighted by Gasteiger charge is 2.23. The molecule has 1 saturated carbocycles. The number of aromatic nitrogens is 3. The topological polar surface area (TPSA) is 101 Å². The molecule has 0 radical (unpaired) electrons. The minimum atomic E-state index is -0.277. The van der Waals surface area contributed by atoms with E-state index in [0.717, 1.165) is 29.7 Å². The zero-order chi connectivity index (χ0) is 24.2. The lowest BCUT2D eigenvalue weighted by Crippen LogP contribution is -2.30. The van der Waals surface area contributed by atoms with Crippen molar-refractivity contribution in [2.24, 2.45) is 0 Å². The lowest BCUT2D eigenvalue weighted by Gasteiger charge is -2.11. The van der Waals surface area contributed by atoms with Crippen LogP contribution in [0.15, 0.2) is 60.7 Å². The number of urea groups is 1. The summed E-state index contributed by atoms with van der Waals surface area (Å²) in [5.41, 5.74) is 4.45. The Bertz CT molecular complexity index is 1340. The van der Waals surface area contributed by atoms with E-state index in [1.54, 1.807) is 12.1 Å². The number of nitrogens with zero attached hydrogens (tertiary/aromatic N) is 3. The predicted molar refractivity (Wildman–Crippen MR) is 133 cm³/mol. The number of carbonyl (C=O) groups is 1. The van der Waals surface area contributed by atoms with Crippen molar-refractivity contribution in [2.75, 3.05) is 17.2 Å². The van der Waals surface area contributed by atoms with Gasteiger partial charge in [0.15, 0.2) is 5.52 Å². The van der Waals surface area contributed by atoms with Crippen LogP contribution in [0.4, 0.5) is 20.8 Å². The summed E-state index contributed by atoms with van der Waals surface area (Å²) >= 11 is 0. The molecule has 178 valence electrons. The van der Waals surface area contributed by atoms with Crippen molar-refractivity contribution in [2.45, 2.75) is 32.4 Å². The molecule has 1 fully saturated rings. The molecule has 0 atom stereocenters. The normalized spacial score (nSPS) is 12.9. The van der Waals surface area contributed by atoms with E-state index in [0.29, 0.717) is 47.7 Å². The first-order valence-electron chi connectivity index (χ1n) is 11.6. The molecule has 0 bridgehead atoms. The molecular weight excluding hydrogens is 447 g/mol. The first kappa shape index (κ1) is 22.5. The molecular formula is C26H25FN6O2. The Hall–Kier alpha value is -4.27. The largest absolute Gasteiger partial charge is 0.476 e. The molecule has 2 aromatic heterocycles. The van der Waals surface area contributed by atoms with Gasteiger partial charge >= 0.3 is 6.03 Å². The van der Waals surface area contributed by atoms with Crippen LogP contribution in [0.2, 0.25) is 0 Å². The number of carbonyl (C=O) groups excluding carboxylic acids is 1. The molecule has 35 heavy (non-hydrogen) atoms. The molecule has 2 amide bonds. The van der Waals surface area contributed by atoms with Gasteiger partial charge in [-0.2, -0.15) is 4.98 Å². The third kappa shape index (κ3) is 5.63. The standard InChI is InChI=1S/C26H25FN6O2/c1-2-35-24-23-22(32-25(33-24)28-15-16-3-7-18(27)8-4-16)14-13-21(31-23)17-5-9-19(10-6-17)29-26(34)30-20-11-12-20/h3-10,13-14,20H,2,11-12,15H2,1H3,(H,28,32,33)(H2,29,30,34). The van der Waals surface area contributed by atoms with Crippen LogP contribution in [0, 0.1) is 5.82 Å². The first-order chi connectivity index (χ1) is 17.1. The van der Waals surface area contributed by atoms with Crippen LogP contribution < -0.4 is 20.7 Å². The highest BCUT2D eigenvalue weighted by Crippen LogP contribution is 2.27. The Morgan fingerprint density at radius 2 is 1.77 bits per heavy atom. The van der Waals surface area contributed by atoms with Crippen molar-refractivity contribution in [3.8, 4) is 17.1 Å². The van der Waals surface area contributed by atoms with Crippen molar-refractivity contribution in [1.29, 1.82) is 0 Å². The number of pyridine rings is 1. The van der Waals surface area contributed by atoms with E-state index in [4.69, 9.17) is 9.72 Å². The van der Waals surface area contributed by atoms with E-state index in [9.17, 15) is 9.18 Å². The lowest BCUT2D eigenvalue weighted by atomic mass is 10.1. The number of anilines is 2. The average Bonchev–Trinajstić information content (AvgIpc) is 3.68. The summed E-state index contributed by atoms with van der Waals surface area (Å²) < 4.78 is 18.9. The summed E-state index contributed by atoms with van der Waals surface area (Å²) in [6.07, 6.45) is 2.08. The van der Waals surface area contributed by atoms with E-state index in [1.165, 1.54) is 12.1 Å². The first-order valence-corrected chi connectivity index (χ1v) is 11.6. The number of hydrogen-bond acceptors (Lipinski definition) is 6. The molecule has 1 aliphatic carbocycles. The van der Waals surface area contributed by atoms with E-state index in [1.807, 2.05) is 43.3 Å². The monoisotopic (exact) mass is 472 g/mol. The quantitative estimate of drug-likeness (QED) is 0.329. The molecule has 9 heteroatoms. The van der Waals surface area contributed by atoms with Crippen LogP contribution >= 0.6 is 0 Å². The average molecular weight is 473 g/mol. The van der Waals surface area contributed by atoms with Gasteiger partial charge < -0.3 is 20.7 Å². The van der Waals surface area contributed by atoms with Gasteiger partial charge in [0.25, 0.3) is 0 Å². The molecule has 0 aliphatic heterocycles. The zero-order valence-corrected chi connectivity index (χ0v) is 19.2.